The third-order valence-electron chi connectivity index (χ3n) is 3.30. The zero-order valence-corrected chi connectivity index (χ0v) is 16.0. The van der Waals surface area contributed by atoms with E-state index in [9.17, 15) is 0 Å². The summed E-state index contributed by atoms with van der Waals surface area (Å²) in [5.74, 6) is 0. The number of benzene rings is 2. The first-order valence-corrected chi connectivity index (χ1v) is 9.40. The minimum Gasteiger partial charge on any atom is -0.255 e. The molecule has 3 rings (SSSR count). The highest BCUT2D eigenvalue weighted by Gasteiger charge is 2.08. The lowest BCUT2D eigenvalue weighted by molar-refractivity contribution is 0.754. The Hall–Kier alpha value is -1.98. The zero-order valence-electron chi connectivity index (χ0n) is 13.6. The van der Waals surface area contributed by atoms with Gasteiger partial charge in [0.05, 0.1) is 11.9 Å². The molecule has 0 spiro atoms. The molecule has 0 radical (unpaired) electrons. The fourth-order valence-corrected chi connectivity index (χ4v) is 3.60. The van der Waals surface area contributed by atoms with Crippen LogP contribution in [0.25, 0.3) is 11.3 Å². The van der Waals surface area contributed by atoms with Crippen molar-refractivity contribution in [2.24, 2.45) is 10.1 Å². The molecule has 0 bridgehead atoms. The number of nitrogens with zero attached hydrogens (tertiary/aromatic N) is 3. The highest BCUT2D eigenvalue weighted by molar-refractivity contribution is 9.10. The molecule has 3 nitrogen and oxygen atoms in total. The molecular weight excluding hydrogens is 382 g/mol. The molecule has 0 aliphatic rings. The van der Waals surface area contributed by atoms with Gasteiger partial charge in [-0.3, -0.25) is 4.99 Å². The molecule has 122 valence electrons. The summed E-state index contributed by atoms with van der Waals surface area (Å²) in [7, 11) is 0. The van der Waals surface area contributed by atoms with Crippen LogP contribution in [-0.4, -0.2) is 16.9 Å². The highest BCUT2D eigenvalue weighted by Crippen LogP contribution is 2.23. The molecule has 5 heteroatoms. The number of halogens is 1. The summed E-state index contributed by atoms with van der Waals surface area (Å²) in [6.45, 7) is 4.15. The number of hydrogen-bond acceptors (Lipinski definition) is 3. The molecule has 1 heterocycles. The average Bonchev–Trinajstić information content (AvgIpc) is 2.96. The van der Waals surface area contributed by atoms with Crippen LogP contribution in [0.5, 0.6) is 0 Å². The lowest BCUT2D eigenvalue weighted by Gasteiger charge is -2.04. The van der Waals surface area contributed by atoms with Gasteiger partial charge in [-0.15, -0.1) is 11.3 Å². The van der Waals surface area contributed by atoms with Crippen molar-refractivity contribution < 1.29 is 0 Å². The Morgan fingerprint density at radius 3 is 2.58 bits per heavy atom. The number of thiazole rings is 1. The van der Waals surface area contributed by atoms with Crippen molar-refractivity contribution in [2.75, 3.05) is 0 Å². The molecule has 0 unspecified atom stereocenters. The molecule has 0 aliphatic carbocycles. The summed E-state index contributed by atoms with van der Waals surface area (Å²) in [5.41, 5.74) is 3.20. The van der Waals surface area contributed by atoms with E-state index in [0.29, 0.717) is 0 Å². The van der Waals surface area contributed by atoms with Gasteiger partial charge in [0.15, 0.2) is 0 Å². The normalized spacial score (nSPS) is 12.4. The number of hydrogen-bond donors (Lipinski definition) is 0. The molecule has 0 aliphatic heterocycles. The predicted octanol–water partition coefficient (Wildman–Crippen LogP) is 5.17. The molecule has 1 aromatic heterocycles. The minimum atomic E-state index is 0.220. The van der Waals surface area contributed by atoms with E-state index in [-0.39, 0.29) is 6.04 Å². The molecule has 0 saturated carbocycles. The summed E-state index contributed by atoms with van der Waals surface area (Å²) < 4.78 is 2.96. The van der Waals surface area contributed by atoms with Crippen LogP contribution in [0.4, 0.5) is 0 Å². The monoisotopic (exact) mass is 399 g/mol. The van der Waals surface area contributed by atoms with Crippen molar-refractivity contribution in [3.63, 3.8) is 0 Å². The Balaban J connectivity index is 2.11. The van der Waals surface area contributed by atoms with Gasteiger partial charge in [-0.25, -0.2) is 4.68 Å². The van der Waals surface area contributed by atoms with E-state index in [4.69, 9.17) is 4.99 Å². The maximum atomic E-state index is 4.70. The van der Waals surface area contributed by atoms with Crippen molar-refractivity contribution in [1.29, 1.82) is 0 Å². The Kier molecular flexibility index (Phi) is 5.43. The second-order valence-corrected chi connectivity index (χ2v) is 7.36. The van der Waals surface area contributed by atoms with Crippen LogP contribution in [0, 0.1) is 0 Å². The van der Waals surface area contributed by atoms with Crippen molar-refractivity contribution in [3.8, 4) is 11.3 Å². The zero-order chi connectivity index (χ0) is 16.9. The first-order chi connectivity index (χ1) is 11.6. The second-order valence-electron chi connectivity index (χ2n) is 5.60. The summed E-state index contributed by atoms with van der Waals surface area (Å²) in [6.07, 6.45) is 1.87. The van der Waals surface area contributed by atoms with Crippen LogP contribution in [-0.2, 0) is 0 Å². The number of aromatic nitrogens is 1. The van der Waals surface area contributed by atoms with E-state index < -0.39 is 0 Å². The molecule has 3 aromatic rings. The summed E-state index contributed by atoms with van der Waals surface area (Å²) in [6, 6.07) is 18.5. The number of rotatable bonds is 4. The third-order valence-corrected chi connectivity index (χ3v) is 4.62. The van der Waals surface area contributed by atoms with Crippen molar-refractivity contribution in [2.45, 2.75) is 19.9 Å². The standard InChI is InChI=1S/C19H18BrN3S/c1-14(2)22-19-23(21-12-15-7-4-3-5-8-15)18(13-24-19)16-9-6-10-17(20)11-16/h3-14H,1-2H3. The lowest BCUT2D eigenvalue weighted by Crippen LogP contribution is -2.14. The molecule has 0 fully saturated rings. The van der Waals surface area contributed by atoms with Gasteiger partial charge in [-0.2, -0.15) is 5.10 Å². The highest BCUT2D eigenvalue weighted by atomic mass is 79.9. The lowest BCUT2D eigenvalue weighted by atomic mass is 10.2. The summed E-state index contributed by atoms with van der Waals surface area (Å²) in [4.78, 5) is 5.59. The third kappa shape index (κ3) is 4.10. The van der Waals surface area contributed by atoms with Crippen LogP contribution in [0.3, 0.4) is 0 Å². The van der Waals surface area contributed by atoms with Crippen LogP contribution >= 0.6 is 27.3 Å². The Morgan fingerprint density at radius 2 is 1.88 bits per heavy atom. The summed E-state index contributed by atoms with van der Waals surface area (Å²) in [5, 5.41) is 6.79. The van der Waals surface area contributed by atoms with Crippen LogP contribution in [0.15, 0.2) is 74.5 Å². The van der Waals surface area contributed by atoms with E-state index in [1.165, 1.54) is 0 Å². The summed E-state index contributed by atoms with van der Waals surface area (Å²) >= 11 is 5.15. The first kappa shape index (κ1) is 16.9. The quantitative estimate of drug-likeness (QED) is 0.541. The Morgan fingerprint density at radius 1 is 1.08 bits per heavy atom. The maximum absolute atomic E-state index is 4.70. The van der Waals surface area contributed by atoms with E-state index in [2.05, 4.69) is 52.4 Å². The largest absolute Gasteiger partial charge is 0.255 e. The van der Waals surface area contributed by atoms with Crippen LogP contribution in [0.2, 0.25) is 0 Å². The van der Waals surface area contributed by atoms with E-state index in [1.807, 2.05) is 53.4 Å². The molecule has 0 atom stereocenters. The Bertz CT molecular complexity index is 908. The van der Waals surface area contributed by atoms with Gasteiger partial charge in [-0.1, -0.05) is 58.4 Å². The van der Waals surface area contributed by atoms with Crippen LogP contribution < -0.4 is 4.80 Å². The van der Waals surface area contributed by atoms with Gasteiger partial charge in [0.2, 0.25) is 4.80 Å². The predicted molar refractivity (Wildman–Crippen MR) is 106 cm³/mol. The van der Waals surface area contributed by atoms with Crippen molar-refractivity contribution in [3.05, 3.63) is 74.8 Å². The van der Waals surface area contributed by atoms with Gasteiger partial charge in [0, 0.05) is 21.5 Å². The van der Waals surface area contributed by atoms with Gasteiger partial charge in [0.25, 0.3) is 0 Å². The molecule has 0 amide bonds. The smallest absolute Gasteiger partial charge is 0.206 e. The van der Waals surface area contributed by atoms with Gasteiger partial charge in [0.1, 0.15) is 0 Å². The fraction of sp³-hybridized carbons (Fsp3) is 0.158. The Labute approximate surface area is 154 Å². The van der Waals surface area contributed by atoms with Gasteiger partial charge < -0.3 is 0 Å². The molecule has 24 heavy (non-hydrogen) atoms. The van der Waals surface area contributed by atoms with E-state index >= 15 is 0 Å². The first-order valence-electron chi connectivity index (χ1n) is 7.73. The molecule has 0 N–H and O–H groups in total. The van der Waals surface area contributed by atoms with Crippen molar-refractivity contribution in [1.82, 2.24) is 4.68 Å². The SMILES string of the molecule is CC(C)N=c1scc(-c2cccc(Br)c2)n1N=Cc1ccccc1. The van der Waals surface area contributed by atoms with Gasteiger partial charge in [-0.05, 0) is 31.5 Å². The van der Waals surface area contributed by atoms with E-state index in [0.717, 1.165) is 26.1 Å². The molecular formula is C19H18BrN3S. The van der Waals surface area contributed by atoms with Crippen LogP contribution in [0.1, 0.15) is 19.4 Å². The van der Waals surface area contributed by atoms with E-state index in [1.54, 1.807) is 11.3 Å². The van der Waals surface area contributed by atoms with Crippen molar-refractivity contribution >= 4 is 33.5 Å². The maximum Gasteiger partial charge on any atom is 0.206 e. The second kappa shape index (κ2) is 7.73. The van der Waals surface area contributed by atoms with Gasteiger partial charge >= 0.3 is 0 Å². The molecule has 2 aromatic carbocycles. The average molecular weight is 400 g/mol. The molecule has 0 saturated heterocycles. The fourth-order valence-electron chi connectivity index (χ4n) is 2.23. The minimum absolute atomic E-state index is 0.220. The topological polar surface area (TPSA) is 29.6 Å².